The van der Waals surface area contributed by atoms with Crippen molar-refractivity contribution in [3.05, 3.63) is 31.8 Å². The summed E-state index contributed by atoms with van der Waals surface area (Å²) < 4.78 is 1.86. The fourth-order valence-electron chi connectivity index (χ4n) is 1.77. The van der Waals surface area contributed by atoms with E-state index in [1.807, 2.05) is 18.2 Å². The van der Waals surface area contributed by atoms with Gasteiger partial charge < -0.3 is 5.32 Å². The summed E-state index contributed by atoms with van der Waals surface area (Å²) in [4.78, 5) is 12.2. The van der Waals surface area contributed by atoms with Gasteiger partial charge in [-0.05, 0) is 69.6 Å². The highest BCUT2D eigenvalue weighted by Gasteiger charge is 2.26. The molecular weight excluding hydrogens is 440 g/mol. The number of rotatable bonds is 6. The molecule has 0 saturated heterocycles. The first-order valence-corrected chi connectivity index (χ1v) is 8.68. The Labute approximate surface area is 141 Å². The molecule has 0 radical (unpaired) electrons. The van der Waals surface area contributed by atoms with Gasteiger partial charge in [0.25, 0.3) is 5.91 Å². The molecule has 0 aliphatic rings. The predicted molar refractivity (Wildman–Crippen MR) is 92.9 cm³/mol. The zero-order valence-electron chi connectivity index (χ0n) is 11.1. The van der Waals surface area contributed by atoms with Crippen molar-refractivity contribution in [1.29, 1.82) is 0 Å². The third-order valence-electron chi connectivity index (χ3n) is 3.58. The molecule has 1 aromatic carbocycles. The molecule has 19 heavy (non-hydrogen) atoms. The van der Waals surface area contributed by atoms with Gasteiger partial charge in [0.05, 0.1) is 5.56 Å². The summed E-state index contributed by atoms with van der Waals surface area (Å²) in [5.74, 6) is 0.509. The van der Waals surface area contributed by atoms with Crippen LogP contribution < -0.4 is 5.32 Å². The van der Waals surface area contributed by atoms with Crippen molar-refractivity contribution in [2.45, 2.75) is 26.7 Å². The van der Waals surface area contributed by atoms with E-state index in [0.717, 1.165) is 20.9 Å². The lowest BCUT2D eigenvalue weighted by Gasteiger charge is -2.29. The lowest BCUT2D eigenvalue weighted by atomic mass is 9.84. The molecule has 0 atom stereocenters. The zero-order valence-corrected chi connectivity index (χ0v) is 15.6. The number of nitrogens with one attached hydrogen (secondary N) is 1. The number of amides is 1. The predicted octanol–water partition coefficient (Wildman–Crippen LogP) is 4.83. The quantitative estimate of drug-likeness (QED) is 0.480. The monoisotopic (exact) mass is 457 g/mol. The van der Waals surface area contributed by atoms with E-state index in [4.69, 9.17) is 11.6 Å². The van der Waals surface area contributed by atoms with Crippen LogP contribution in [0.2, 0.25) is 0 Å². The third kappa shape index (κ3) is 4.60. The van der Waals surface area contributed by atoms with Gasteiger partial charge in [0.2, 0.25) is 0 Å². The molecule has 0 fully saturated rings. The summed E-state index contributed by atoms with van der Waals surface area (Å²) in [6, 6.07) is 5.73. The second-order valence-electron chi connectivity index (χ2n) is 4.65. The van der Waals surface area contributed by atoms with E-state index < -0.39 is 0 Å². The van der Waals surface area contributed by atoms with Gasteiger partial charge in [-0.25, -0.2) is 0 Å². The fraction of sp³-hybridized carbons (Fsp3) is 0.500. The minimum atomic E-state index is -0.0539. The highest BCUT2D eigenvalue weighted by atomic mass is 127. The van der Waals surface area contributed by atoms with Crippen LogP contribution >= 0.6 is 50.1 Å². The van der Waals surface area contributed by atoms with Crippen LogP contribution in [-0.2, 0) is 0 Å². The Bertz CT molecular complexity index is 441. The Morgan fingerprint density at radius 1 is 1.42 bits per heavy atom. The summed E-state index contributed by atoms with van der Waals surface area (Å²) in [5.41, 5.74) is 0.661. The molecule has 0 bridgehead atoms. The fourth-order valence-corrected chi connectivity index (χ4v) is 3.16. The van der Waals surface area contributed by atoms with Gasteiger partial charge in [0, 0.05) is 25.9 Å². The highest BCUT2D eigenvalue weighted by Crippen LogP contribution is 2.27. The lowest BCUT2D eigenvalue weighted by Crippen LogP contribution is -2.38. The number of halogens is 3. The van der Waals surface area contributed by atoms with Gasteiger partial charge in [-0.1, -0.05) is 13.8 Å². The van der Waals surface area contributed by atoms with Crippen LogP contribution in [0.4, 0.5) is 0 Å². The van der Waals surface area contributed by atoms with Gasteiger partial charge in [0.1, 0.15) is 0 Å². The largest absolute Gasteiger partial charge is 0.351 e. The van der Waals surface area contributed by atoms with E-state index >= 15 is 0 Å². The first kappa shape index (κ1) is 17.2. The van der Waals surface area contributed by atoms with Crippen LogP contribution in [0, 0.1) is 8.99 Å². The molecule has 0 aliphatic carbocycles. The Kier molecular flexibility index (Phi) is 7.11. The van der Waals surface area contributed by atoms with Crippen LogP contribution in [0.1, 0.15) is 37.0 Å². The standard InChI is InChI=1S/C14H18BrClINO/c1-3-14(4-2,8-16)9-18-13(19)11-7-10(17)5-6-12(11)15/h5-7H,3-4,8-9H2,1-2H3,(H,18,19). The van der Waals surface area contributed by atoms with Crippen LogP contribution in [-0.4, -0.2) is 18.3 Å². The first-order valence-electron chi connectivity index (χ1n) is 6.27. The topological polar surface area (TPSA) is 29.1 Å². The summed E-state index contributed by atoms with van der Waals surface area (Å²) in [5, 5.41) is 3.00. The molecule has 5 heteroatoms. The first-order chi connectivity index (χ1) is 8.98. The highest BCUT2D eigenvalue weighted by molar-refractivity contribution is 14.1. The molecule has 2 nitrogen and oxygen atoms in total. The van der Waals surface area contributed by atoms with E-state index in [1.54, 1.807) is 0 Å². The molecule has 0 unspecified atom stereocenters. The molecule has 0 saturated carbocycles. The van der Waals surface area contributed by atoms with E-state index in [-0.39, 0.29) is 11.3 Å². The second-order valence-corrected chi connectivity index (χ2v) is 7.01. The maximum Gasteiger partial charge on any atom is 0.252 e. The van der Waals surface area contributed by atoms with Gasteiger partial charge in [-0.15, -0.1) is 11.6 Å². The number of carbonyl (C=O) groups excluding carboxylic acids is 1. The number of hydrogen-bond acceptors (Lipinski definition) is 1. The molecule has 0 aromatic heterocycles. The number of hydrogen-bond donors (Lipinski definition) is 1. The van der Waals surface area contributed by atoms with Crippen molar-refractivity contribution in [2.75, 3.05) is 12.4 Å². The van der Waals surface area contributed by atoms with Crippen molar-refractivity contribution < 1.29 is 4.79 Å². The Morgan fingerprint density at radius 3 is 2.58 bits per heavy atom. The Balaban J connectivity index is 2.77. The molecule has 1 aromatic rings. The normalized spacial score (nSPS) is 11.4. The zero-order chi connectivity index (χ0) is 14.5. The minimum Gasteiger partial charge on any atom is -0.351 e. The Hall–Kier alpha value is 0.190. The van der Waals surface area contributed by atoms with Gasteiger partial charge >= 0.3 is 0 Å². The minimum absolute atomic E-state index is 0.00831. The SMILES string of the molecule is CCC(CC)(CCl)CNC(=O)c1cc(I)ccc1Br. The van der Waals surface area contributed by atoms with E-state index in [1.165, 1.54) is 0 Å². The smallest absolute Gasteiger partial charge is 0.252 e. The van der Waals surface area contributed by atoms with Crippen molar-refractivity contribution >= 4 is 56.0 Å². The van der Waals surface area contributed by atoms with Crippen LogP contribution in [0.5, 0.6) is 0 Å². The molecule has 106 valence electrons. The van der Waals surface area contributed by atoms with E-state index in [2.05, 4.69) is 57.7 Å². The maximum atomic E-state index is 12.2. The molecule has 0 spiro atoms. The molecule has 1 amide bonds. The number of benzene rings is 1. The second kappa shape index (κ2) is 7.84. The van der Waals surface area contributed by atoms with Crippen molar-refractivity contribution in [3.8, 4) is 0 Å². The summed E-state index contributed by atoms with van der Waals surface area (Å²) >= 11 is 11.7. The molecule has 1 N–H and O–H groups in total. The van der Waals surface area contributed by atoms with E-state index in [9.17, 15) is 4.79 Å². The van der Waals surface area contributed by atoms with Crippen LogP contribution in [0.15, 0.2) is 22.7 Å². The maximum absolute atomic E-state index is 12.2. The Morgan fingerprint density at radius 2 is 2.05 bits per heavy atom. The molecular formula is C14H18BrClINO. The average molecular weight is 459 g/mol. The number of carbonyl (C=O) groups is 1. The van der Waals surface area contributed by atoms with Crippen LogP contribution in [0.3, 0.4) is 0 Å². The van der Waals surface area contributed by atoms with Crippen molar-refractivity contribution in [1.82, 2.24) is 5.32 Å². The van der Waals surface area contributed by atoms with Gasteiger partial charge in [0.15, 0.2) is 0 Å². The molecule has 0 heterocycles. The van der Waals surface area contributed by atoms with Gasteiger partial charge in [-0.3, -0.25) is 4.79 Å². The van der Waals surface area contributed by atoms with Crippen LogP contribution in [0.25, 0.3) is 0 Å². The summed E-state index contributed by atoms with van der Waals surface area (Å²) in [6.07, 6.45) is 1.92. The molecule has 1 rings (SSSR count). The molecule has 0 aliphatic heterocycles. The third-order valence-corrected chi connectivity index (χ3v) is 5.51. The summed E-state index contributed by atoms with van der Waals surface area (Å²) in [6.45, 7) is 4.83. The van der Waals surface area contributed by atoms with Gasteiger partial charge in [-0.2, -0.15) is 0 Å². The average Bonchev–Trinajstić information content (AvgIpc) is 2.43. The van der Waals surface area contributed by atoms with Crippen molar-refractivity contribution in [3.63, 3.8) is 0 Å². The number of alkyl halides is 1. The summed E-state index contributed by atoms with van der Waals surface area (Å²) in [7, 11) is 0. The van der Waals surface area contributed by atoms with E-state index in [0.29, 0.717) is 18.0 Å². The lowest BCUT2D eigenvalue weighted by molar-refractivity contribution is 0.0931. The van der Waals surface area contributed by atoms with Crippen molar-refractivity contribution in [2.24, 2.45) is 5.41 Å².